The van der Waals surface area contributed by atoms with Crippen LogP contribution in [0.5, 0.6) is 0 Å². The van der Waals surface area contributed by atoms with Crippen molar-refractivity contribution in [1.82, 2.24) is 5.32 Å². The summed E-state index contributed by atoms with van der Waals surface area (Å²) >= 11 is 0. The summed E-state index contributed by atoms with van der Waals surface area (Å²) in [6.45, 7) is 0. The maximum Gasteiger partial charge on any atom is 0.335 e. The Bertz CT molecular complexity index is 814. The lowest BCUT2D eigenvalue weighted by Crippen LogP contribution is -2.34. The molecule has 0 aliphatic heterocycles. The molecule has 0 aromatic heterocycles. The molecule has 0 fully saturated rings. The summed E-state index contributed by atoms with van der Waals surface area (Å²) in [4.78, 5) is 45.2. The third-order valence-electron chi connectivity index (χ3n) is 2.99. The van der Waals surface area contributed by atoms with Crippen LogP contribution in [0, 0.1) is 0 Å². The lowest BCUT2D eigenvalue weighted by atomic mass is 10.1. The van der Waals surface area contributed by atoms with Crippen LogP contribution >= 0.6 is 0 Å². The van der Waals surface area contributed by atoms with Gasteiger partial charge in [-0.25, -0.2) is 14.4 Å². The number of aromatic carboxylic acids is 2. The smallest absolute Gasteiger partial charge is 0.335 e. The molecule has 0 unspecified atom stereocenters. The van der Waals surface area contributed by atoms with Crippen molar-refractivity contribution in [2.75, 3.05) is 5.32 Å². The molecule has 4 N–H and O–H groups in total. The minimum atomic E-state index is -1.14. The SMILES string of the molecule is O=C(NC(=O)c1ccc(C(=O)O)cc1)Nc1cccc(C(=O)O)c1. The van der Waals surface area contributed by atoms with Crippen LogP contribution in [0.2, 0.25) is 0 Å². The highest BCUT2D eigenvalue weighted by Gasteiger charge is 2.12. The predicted molar refractivity (Wildman–Crippen MR) is 83.3 cm³/mol. The zero-order chi connectivity index (χ0) is 17.7. The van der Waals surface area contributed by atoms with Crippen molar-refractivity contribution >= 4 is 29.6 Å². The van der Waals surface area contributed by atoms with Gasteiger partial charge in [0.2, 0.25) is 0 Å². The molecule has 0 bridgehead atoms. The van der Waals surface area contributed by atoms with E-state index in [0.29, 0.717) is 0 Å². The van der Waals surface area contributed by atoms with Gasteiger partial charge in [0.05, 0.1) is 11.1 Å². The number of carboxylic acid groups (broad SMARTS) is 2. The fraction of sp³-hybridized carbons (Fsp3) is 0. The molecule has 0 atom stereocenters. The summed E-state index contributed by atoms with van der Waals surface area (Å²) in [6, 6.07) is 9.72. The highest BCUT2D eigenvalue weighted by Crippen LogP contribution is 2.10. The van der Waals surface area contributed by atoms with Gasteiger partial charge in [0.15, 0.2) is 0 Å². The molecule has 2 aromatic rings. The standard InChI is InChI=1S/C16H12N2O6/c19-13(9-4-6-10(7-5-9)14(20)21)18-16(24)17-12-3-1-2-11(8-12)15(22)23/h1-8H,(H,20,21)(H,22,23)(H2,17,18,19,24). The van der Waals surface area contributed by atoms with E-state index in [9.17, 15) is 19.2 Å². The highest BCUT2D eigenvalue weighted by atomic mass is 16.4. The summed E-state index contributed by atoms with van der Waals surface area (Å²) < 4.78 is 0. The summed E-state index contributed by atoms with van der Waals surface area (Å²) in [5, 5.41) is 22.1. The number of benzene rings is 2. The lowest BCUT2D eigenvalue weighted by Gasteiger charge is -2.07. The van der Waals surface area contributed by atoms with E-state index >= 15 is 0 Å². The number of hydrogen-bond acceptors (Lipinski definition) is 4. The van der Waals surface area contributed by atoms with E-state index in [1.165, 1.54) is 48.5 Å². The third kappa shape index (κ3) is 4.17. The third-order valence-corrected chi connectivity index (χ3v) is 2.99. The fourth-order valence-corrected chi connectivity index (χ4v) is 1.83. The van der Waals surface area contributed by atoms with Crippen LogP contribution in [-0.2, 0) is 0 Å². The van der Waals surface area contributed by atoms with E-state index in [0.717, 1.165) is 0 Å². The first kappa shape index (κ1) is 16.7. The summed E-state index contributed by atoms with van der Waals surface area (Å²) in [6.07, 6.45) is 0. The van der Waals surface area contributed by atoms with Gasteiger partial charge in [-0.3, -0.25) is 10.1 Å². The first-order chi connectivity index (χ1) is 11.4. The predicted octanol–water partition coefficient (Wildman–Crippen LogP) is 2.04. The van der Waals surface area contributed by atoms with Gasteiger partial charge in [-0.05, 0) is 42.5 Å². The second-order valence-corrected chi connectivity index (χ2v) is 4.68. The van der Waals surface area contributed by atoms with Crippen molar-refractivity contribution in [3.63, 3.8) is 0 Å². The molecule has 8 nitrogen and oxygen atoms in total. The number of carbonyl (C=O) groups excluding carboxylic acids is 2. The number of rotatable bonds is 4. The van der Waals surface area contributed by atoms with Gasteiger partial charge in [-0.15, -0.1) is 0 Å². The Morgan fingerprint density at radius 1 is 0.750 bits per heavy atom. The van der Waals surface area contributed by atoms with Gasteiger partial charge in [-0.1, -0.05) is 6.07 Å². The summed E-state index contributed by atoms with van der Waals surface area (Å²) in [7, 11) is 0. The van der Waals surface area contributed by atoms with Crippen LogP contribution in [-0.4, -0.2) is 34.1 Å². The zero-order valence-corrected chi connectivity index (χ0v) is 12.1. The molecule has 0 radical (unpaired) electrons. The van der Waals surface area contributed by atoms with Crippen molar-refractivity contribution in [2.24, 2.45) is 0 Å². The lowest BCUT2D eigenvalue weighted by molar-refractivity contribution is 0.0686. The second kappa shape index (κ2) is 7.05. The van der Waals surface area contributed by atoms with Crippen LogP contribution < -0.4 is 10.6 Å². The van der Waals surface area contributed by atoms with Gasteiger partial charge in [0, 0.05) is 11.3 Å². The maximum atomic E-state index is 11.9. The van der Waals surface area contributed by atoms with Crippen molar-refractivity contribution in [1.29, 1.82) is 0 Å². The molecule has 8 heteroatoms. The first-order valence-corrected chi connectivity index (χ1v) is 6.66. The molecule has 24 heavy (non-hydrogen) atoms. The van der Waals surface area contributed by atoms with E-state index in [1.54, 1.807) is 0 Å². The summed E-state index contributed by atoms with van der Waals surface area (Å²) in [5.41, 5.74) is 0.320. The molecule has 0 aliphatic carbocycles. The van der Waals surface area contributed by atoms with Crippen molar-refractivity contribution in [3.8, 4) is 0 Å². The Morgan fingerprint density at radius 3 is 1.92 bits per heavy atom. The van der Waals surface area contributed by atoms with E-state index in [2.05, 4.69) is 10.6 Å². The number of carboxylic acids is 2. The Kier molecular flexibility index (Phi) is 4.90. The topological polar surface area (TPSA) is 133 Å². The Morgan fingerprint density at radius 2 is 1.33 bits per heavy atom. The minimum absolute atomic E-state index is 0.0108. The molecule has 0 saturated heterocycles. The van der Waals surface area contributed by atoms with Crippen LogP contribution in [0.25, 0.3) is 0 Å². The number of carbonyl (C=O) groups is 4. The number of amides is 3. The van der Waals surface area contributed by atoms with E-state index < -0.39 is 23.9 Å². The van der Waals surface area contributed by atoms with E-state index in [1.807, 2.05) is 0 Å². The average molecular weight is 328 g/mol. The number of anilines is 1. The second-order valence-electron chi connectivity index (χ2n) is 4.68. The van der Waals surface area contributed by atoms with Gasteiger partial charge in [0.25, 0.3) is 5.91 Å². The average Bonchev–Trinajstić information content (AvgIpc) is 2.55. The Balaban J connectivity index is 2.01. The van der Waals surface area contributed by atoms with Crippen molar-refractivity contribution in [2.45, 2.75) is 0 Å². The largest absolute Gasteiger partial charge is 0.478 e. The molecule has 122 valence electrons. The van der Waals surface area contributed by atoms with Crippen LogP contribution in [0.1, 0.15) is 31.1 Å². The van der Waals surface area contributed by atoms with Crippen LogP contribution in [0.3, 0.4) is 0 Å². The normalized spacial score (nSPS) is 9.83. The number of urea groups is 1. The van der Waals surface area contributed by atoms with Crippen molar-refractivity contribution in [3.05, 3.63) is 65.2 Å². The summed E-state index contributed by atoms with van der Waals surface area (Å²) in [5.74, 6) is -2.99. The Hall–Kier alpha value is -3.68. The highest BCUT2D eigenvalue weighted by molar-refractivity contribution is 6.08. The molecular weight excluding hydrogens is 316 g/mol. The van der Waals surface area contributed by atoms with E-state index in [4.69, 9.17) is 10.2 Å². The van der Waals surface area contributed by atoms with Gasteiger partial charge < -0.3 is 15.5 Å². The van der Waals surface area contributed by atoms with Gasteiger partial charge >= 0.3 is 18.0 Å². The molecule has 2 rings (SSSR count). The van der Waals surface area contributed by atoms with Crippen molar-refractivity contribution < 1.29 is 29.4 Å². The monoisotopic (exact) mass is 328 g/mol. The minimum Gasteiger partial charge on any atom is -0.478 e. The Labute approximate surface area is 135 Å². The van der Waals surface area contributed by atoms with E-state index in [-0.39, 0.29) is 22.4 Å². The molecule has 2 aromatic carbocycles. The number of hydrogen-bond donors (Lipinski definition) is 4. The molecule has 0 spiro atoms. The molecular formula is C16H12N2O6. The van der Waals surface area contributed by atoms with Crippen LogP contribution in [0.15, 0.2) is 48.5 Å². The number of nitrogens with one attached hydrogen (secondary N) is 2. The molecule has 0 aliphatic rings. The number of imide groups is 1. The van der Waals surface area contributed by atoms with Gasteiger partial charge in [0.1, 0.15) is 0 Å². The van der Waals surface area contributed by atoms with Crippen LogP contribution in [0.4, 0.5) is 10.5 Å². The maximum absolute atomic E-state index is 11.9. The molecule has 0 heterocycles. The quantitative estimate of drug-likeness (QED) is 0.679. The van der Waals surface area contributed by atoms with Gasteiger partial charge in [-0.2, -0.15) is 0 Å². The molecule has 0 saturated carbocycles. The molecule has 3 amide bonds. The zero-order valence-electron chi connectivity index (χ0n) is 12.1. The first-order valence-electron chi connectivity index (χ1n) is 6.66. The fourth-order valence-electron chi connectivity index (χ4n) is 1.83.